The highest BCUT2D eigenvalue weighted by molar-refractivity contribution is 7.92. The SMILES string of the molecule is CCCC[C@H](NC(=O)[C@@H]1[C@@H]2[C@H](CN1C(=O)[C@@H](NC(=O)NC1(CS(=O)(=O)C(C)(C)CC)CCCCC1)C1(C)CCCCC1)C2(C)C)C(=O)C(=O)NC1CC1. The minimum atomic E-state index is -3.58. The summed E-state index contributed by atoms with van der Waals surface area (Å²) in [6.45, 7) is 13.9. The Morgan fingerprint density at radius 1 is 0.868 bits per heavy atom. The summed E-state index contributed by atoms with van der Waals surface area (Å²) in [6.07, 6.45) is 11.8. The van der Waals surface area contributed by atoms with Gasteiger partial charge in [0.15, 0.2) is 9.84 Å². The monoisotopic (exact) mass is 761 g/mol. The summed E-state index contributed by atoms with van der Waals surface area (Å²) in [7, 11) is -3.58. The van der Waals surface area contributed by atoms with Gasteiger partial charge in [0.05, 0.1) is 22.1 Å². The van der Waals surface area contributed by atoms with E-state index in [1.165, 1.54) is 0 Å². The largest absolute Gasteiger partial charge is 0.347 e. The lowest BCUT2D eigenvalue weighted by atomic mass is 9.70. The van der Waals surface area contributed by atoms with Gasteiger partial charge in [-0.1, -0.05) is 86.0 Å². The van der Waals surface area contributed by atoms with E-state index >= 15 is 0 Å². The van der Waals surface area contributed by atoms with Crippen LogP contribution < -0.4 is 21.3 Å². The predicted molar refractivity (Wildman–Crippen MR) is 205 cm³/mol. The van der Waals surface area contributed by atoms with Gasteiger partial charge in [0.25, 0.3) is 5.91 Å². The fourth-order valence-electron chi connectivity index (χ4n) is 9.46. The lowest BCUT2D eigenvalue weighted by molar-refractivity contribution is -0.146. The molecule has 4 aliphatic carbocycles. The number of unbranched alkanes of at least 4 members (excludes halogenated alkanes) is 1. The number of carbonyl (C=O) groups is 5. The van der Waals surface area contributed by atoms with Crippen molar-refractivity contribution < 1.29 is 32.4 Å². The first-order valence-corrected chi connectivity index (χ1v) is 22.2. The molecule has 5 aliphatic rings. The molecule has 0 radical (unpaired) electrons. The second-order valence-electron chi connectivity index (χ2n) is 18.7. The zero-order valence-corrected chi connectivity index (χ0v) is 34.2. The van der Waals surface area contributed by atoms with Gasteiger partial charge in [0, 0.05) is 12.6 Å². The molecule has 5 rings (SSSR count). The summed E-state index contributed by atoms with van der Waals surface area (Å²) < 4.78 is 26.4. The van der Waals surface area contributed by atoms with Crippen molar-refractivity contribution >= 4 is 39.4 Å². The van der Waals surface area contributed by atoms with Crippen LogP contribution in [0.1, 0.15) is 151 Å². The van der Waals surface area contributed by atoms with Crippen molar-refractivity contribution in [2.24, 2.45) is 22.7 Å². The van der Waals surface area contributed by atoms with E-state index in [4.69, 9.17) is 0 Å². The summed E-state index contributed by atoms with van der Waals surface area (Å²) in [5.41, 5.74) is -1.71. The zero-order chi connectivity index (χ0) is 39.0. The van der Waals surface area contributed by atoms with Crippen molar-refractivity contribution in [1.82, 2.24) is 26.2 Å². The number of carbonyl (C=O) groups excluding carboxylic acids is 5. The van der Waals surface area contributed by atoms with E-state index in [-0.39, 0.29) is 35.0 Å². The van der Waals surface area contributed by atoms with E-state index in [2.05, 4.69) is 35.1 Å². The third-order valence-electron chi connectivity index (χ3n) is 13.9. The van der Waals surface area contributed by atoms with Crippen molar-refractivity contribution in [3.63, 3.8) is 0 Å². The van der Waals surface area contributed by atoms with Crippen molar-refractivity contribution in [1.29, 1.82) is 0 Å². The molecule has 5 amide bonds. The maximum Gasteiger partial charge on any atom is 0.315 e. The number of rotatable bonds is 16. The number of piperidine rings is 1. The summed E-state index contributed by atoms with van der Waals surface area (Å²) in [5, 5.41) is 11.9. The number of Topliss-reactive ketones (excluding diaryl/α,β-unsaturated/α-hetero) is 1. The number of nitrogens with one attached hydrogen (secondary N) is 4. The van der Waals surface area contributed by atoms with Gasteiger partial charge in [-0.05, 0) is 87.9 Å². The number of ketones is 1. The van der Waals surface area contributed by atoms with E-state index in [0.717, 1.165) is 70.6 Å². The molecule has 0 aromatic heterocycles. The van der Waals surface area contributed by atoms with Crippen molar-refractivity contribution in [3.8, 4) is 0 Å². The quantitative estimate of drug-likeness (QED) is 0.162. The molecule has 13 heteroatoms. The van der Waals surface area contributed by atoms with Gasteiger partial charge in [-0.2, -0.15) is 0 Å². The number of likely N-dealkylation sites (tertiary alicyclic amines) is 1. The lowest BCUT2D eigenvalue weighted by Gasteiger charge is -2.44. The summed E-state index contributed by atoms with van der Waals surface area (Å²) >= 11 is 0. The molecule has 0 bridgehead atoms. The molecule has 4 saturated carbocycles. The molecule has 12 nitrogen and oxygen atoms in total. The second kappa shape index (κ2) is 15.8. The average molecular weight is 762 g/mol. The molecule has 53 heavy (non-hydrogen) atoms. The molecule has 0 unspecified atom stereocenters. The van der Waals surface area contributed by atoms with Gasteiger partial charge in [0.2, 0.25) is 17.6 Å². The van der Waals surface area contributed by atoms with E-state index in [9.17, 15) is 32.4 Å². The van der Waals surface area contributed by atoms with Crippen LogP contribution in [0.5, 0.6) is 0 Å². The standard InChI is InChI=1S/C40H67N5O7S/c1-8-10-17-28(31(46)34(48)41-26-18-19-26)42-33(47)30-29-27(38(29,5)6)24-45(30)35(49)32(39(7)20-13-11-14-21-39)43-36(50)44-40(22-15-12-16-23-40)25-53(51,52)37(3,4)9-2/h26-30,32H,8-25H2,1-7H3,(H,41,48)(H,42,47)(H2,43,44,50)/t27-,28-,29-,30-,32+/m0/s1. The minimum absolute atomic E-state index is 0.00769. The Morgan fingerprint density at radius 2 is 1.47 bits per heavy atom. The first kappa shape index (κ1) is 41.5. The average Bonchev–Trinajstić information content (AvgIpc) is 3.95. The number of nitrogens with zero attached hydrogens (tertiary/aromatic N) is 1. The Hall–Kier alpha value is -2.70. The number of hydrogen-bond donors (Lipinski definition) is 4. The van der Waals surface area contributed by atoms with E-state index in [1.54, 1.807) is 18.7 Å². The molecule has 4 N–H and O–H groups in total. The number of sulfone groups is 1. The maximum atomic E-state index is 15.0. The Bertz CT molecular complexity index is 1510. The molecular weight excluding hydrogens is 695 g/mol. The number of hydrogen-bond acceptors (Lipinski definition) is 7. The Balaban J connectivity index is 1.39. The molecule has 1 saturated heterocycles. The highest BCUT2D eigenvalue weighted by atomic mass is 32.2. The predicted octanol–water partition coefficient (Wildman–Crippen LogP) is 4.94. The summed E-state index contributed by atoms with van der Waals surface area (Å²) in [5.74, 6) is -2.31. The first-order valence-electron chi connectivity index (χ1n) is 20.6. The van der Waals surface area contributed by atoms with Gasteiger partial charge < -0.3 is 26.2 Å². The van der Waals surface area contributed by atoms with Gasteiger partial charge in [0.1, 0.15) is 12.1 Å². The first-order chi connectivity index (χ1) is 24.8. The summed E-state index contributed by atoms with van der Waals surface area (Å²) in [4.78, 5) is 71.2. The Labute approximate surface area is 317 Å². The fraction of sp³-hybridized carbons (Fsp3) is 0.875. The van der Waals surface area contributed by atoms with Crippen LogP contribution in [-0.2, 0) is 29.0 Å². The van der Waals surface area contributed by atoms with E-state index < -0.39 is 67.3 Å². The number of fused-ring (bicyclic) bond motifs is 1. The highest BCUT2D eigenvalue weighted by Gasteiger charge is 2.70. The van der Waals surface area contributed by atoms with Crippen LogP contribution in [0.3, 0.4) is 0 Å². The second-order valence-corrected chi connectivity index (χ2v) is 21.3. The molecule has 300 valence electrons. The molecule has 5 fully saturated rings. The molecule has 5 atom stereocenters. The van der Waals surface area contributed by atoms with Gasteiger partial charge in [-0.3, -0.25) is 19.2 Å². The smallest absolute Gasteiger partial charge is 0.315 e. The van der Waals surface area contributed by atoms with Crippen LogP contribution in [0.15, 0.2) is 0 Å². The molecule has 0 aromatic rings. The normalized spacial score (nSPS) is 27.1. The molecule has 1 aliphatic heterocycles. The van der Waals surface area contributed by atoms with Crippen LogP contribution in [0.4, 0.5) is 4.79 Å². The van der Waals surface area contributed by atoms with Crippen molar-refractivity contribution in [2.45, 2.75) is 186 Å². The van der Waals surface area contributed by atoms with E-state index in [0.29, 0.717) is 38.6 Å². The lowest BCUT2D eigenvalue weighted by Crippen LogP contribution is -2.65. The van der Waals surface area contributed by atoms with Crippen molar-refractivity contribution in [2.75, 3.05) is 12.3 Å². The third kappa shape index (κ3) is 8.90. The molecule has 0 spiro atoms. The van der Waals surface area contributed by atoms with Crippen LogP contribution in [-0.4, -0.2) is 89.6 Å². The van der Waals surface area contributed by atoms with Gasteiger partial charge >= 0.3 is 6.03 Å². The topological polar surface area (TPSA) is 171 Å². The maximum absolute atomic E-state index is 15.0. The van der Waals surface area contributed by atoms with Crippen LogP contribution >= 0.6 is 0 Å². The molecule has 1 heterocycles. The van der Waals surface area contributed by atoms with Crippen molar-refractivity contribution in [3.05, 3.63) is 0 Å². The van der Waals surface area contributed by atoms with E-state index in [1.807, 2.05) is 20.8 Å². The van der Waals surface area contributed by atoms with Gasteiger partial charge in [-0.25, -0.2) is 13.2 Å². The summed E-state index contributed by atoms with van der Waals surface area (Å²) in [6, 6.07) is -3.33. The van der Waals surface area contributed by atoms with Gasteiger partial charge in [-0.15, -0.1) is 0 Å². The zero-order valence-electron chi connectivity index (χ0n) is 33.4. The highest BCUT2D eigenvalue weighted by Crippen LogP contribution is 2.65. The van der Waals surface area contributed by atoms with Crippen LogP contribution in [0.2, 0.25) is 0 Å². The fourth-order valence-corrected chi connectivity index (χ4v) is 11.4. The minimum Gasteiger partial charge on any atom is -0.347 e. The Kier molecular flexibility index (Phi) is 12.4. The molecule has 0 aromatic carbocycles. The third-order valence-corrected chi connectivity index (χ3v) is 16.8. The number of amides is 5. The number of urea groups is 1. The van der Waals surface area contributed by atoms with Crippen LogP contribution in [0, 0.1) is 22.7 Å². The Morgan fingerprint density at radius 3 is 2.04 bits per heavy atom. The molecular formula is C40H67N5O7S. The van der Waals surface area contributed by atoms with Crippen LogP contribution in [0.25, 0.3) is 0 Å².